The van der Waals surface area contributed by atoms with Crippen molar-refractivity contribution in [2.75, 3.05) is 33.3 Å². The van der Waals surface area contributed by atoms with Crippen molar-refractivity contribution < 1.29 is 22.3 Å². The van der Waals surface area contributed by atoms with Crippen LogP contribution >= 0.6 is 0 Å². The molecule has 2 N–H and O–H groups in total. The van der Waals surface area contributed by atoms with Crippen LogP contribution in [0.25, 0.3) is 0 Å². The van der Waals surface area contributed by atoms with E-state index in [1.54, 1.807) is 6.07 Å². The van der Waals surface area contributed by atoms with Crippen molar-refractivity contribution in [3.63, 3.8) is 0 Å². The molecule has 1 heterocycles. The van der Waals surface area contributed by atoms with Crippen LogP contribution < -0.4 is 15.4 Å². The Kier molecular flexibility index (Phi) is 7.07. The number of likely N-dealkylation sites (tertiary alicyclic amines) is 1. The van der Waals surface area contributed by atoms with E-state index in [9.17, 15) is 17.6 Å². The second kappa shape index (κ2) is 9.07. The van der Waals surface area contributed by atoms with Gasteiger partial charge in [-0.2, -0.15) is 13.2 Å². The van der Waals surface area contributed by atoms with Crippen molar-refractivity contribution in [3.05, 3.63) is 29.6 Å². The minimum atomic E-state index is -4.19. The lowest BCUT2D eigenvalue weighted by atomic mass is 10.2. The molecule has 0 radical (unpaired) electrons. The van der Waals surface area contributed by atoms with Gasteiger partial charge in [0.25, 0.3) is 0 Å². The molecule has 5 nitrogen and oxygen atoms in total. The minimum Gasteiger partial charge on any atom is -0.494 e. The Bertz CT molecular complexity index is 621. The van der Waals surface area contributed by atoms with Crippen molar-refractivity contribution in [2.24, 2.45) is 4.99 Å². The minimum absolute atomic E-state index is 0.109. The van der Waals surface area contributed by atoms with Crippen LogP contribution in [-0.2, 0) is 6.54 Å². The number of benzene rings is 1. The number of hydrogen-bond acceptors (Lipinski definition) is 3. The molecule has 0 spiro atoms. The van der Waals surface area contributed by atoms with Crippen molar-refractivity contribution in [1.82, 2.24) is 15.5 Å². The summed E-state index contributed by atoms with van der Waals surface area (Å²) in [4.78, 5) is 5.76. The largest absolute Gasteiger partial charge is 0.494 e. The van der Waals surface area contributed by atoms with Gasteiger partial charge in [0.15, 0.2) is 17.5 Å². The molecule has 0 saturated carbocycles. The number of methoxy groups -OCH3 is 1. The maximum Gasteiger partial charge on any atom is 0.401 e. The predicted octanol–water partition coefficient (Wildman–Crippen LogP) is 2.53. The summed E-state index contributed by atoms with van der Waals surface area (Å²) >= 11 is 0. The summed E-state index contributed by atoms with van der Waals surface area (Å²) in [7, 11) is 1.40. The number of nitrogens with zero attached hydrogens (tertiary/aromatic N) is 2. The fourth-order valence-electron chi connectivity index (χ4n) is 2.84. The third-order valence-corrected chi connectivity index (χ3v) is 4.00. The molecular weight excluding hydrogens is 352 g/mol. The molecule has 0 bridgehead atoms. The number of aliphatic imine (C=N–C) groups is 1. The number of nitrogens with one attached hydrogen (secondary N) is 2. The van der Waals surface area contributed by atoms with Gasteiger partial charge < -0.3 is 15.4 Å². The molecule has 1 unspecified atom stereocenters. The first kappa shape index (κ1) is 20.3. The summed E-state index contributed by atoms with van der Waals surface area (Å²) in [6, 6.07) is 4.50. The molecule has 1 atom stereocenters. The van der Waals surface area contributed by atoms with Crippen LogP contribution in [0.4, 0.5) is 17.6 Å². The van der Waals surface area contributed by atoms with Gasteiger partial charge >= 0.3 is 6.18 Å². The monoisotopic (exact) mass is 376 g/mol. The molecule has 1 saturated heterocycles. The molecule has 1 aromatic carbocycles. The normalized spacial score (nSPS) is 18.8. The van der Waals surface area contributed by atoms with E-state index in [1.807, 2.05) is 6.92 Å². The van der Waals surface area contributed by atoms with Gasteiger partial charge in [0, 0.05) is 25.7 Å². The van der Waals surface area contributed by atoms with Crippen LogP contribution in [0.3, 0.4) is 0 Å². The molecule has 0 amide bonds. The summed E-state index contributed by atoms with van der Waals surface area (Å²) in [5, 5.41) is 6.21. The Balaban J connectivity index is 1.94. The van der Waals surface area contributed by atoms with E-state index in [2.05, 4.69) is 15.6 Å². The highest BCUT2D eigenvalue weighted by atomic mass is 19.4. The average molecular weight is 376 g/mol. The van der Waals surface area contributed by atoms with Crippen LogP contribution in [0, 0.1) is 5.82 Å². The number of guanidine groups is 1. The van der Waals surface area contributed by atoms with Crippen LogP contribution in [0.2, 0.25) is 0 Å². The first-order valence-corrected chi connectivity index (χ1v) is 8.47. The molecule has 1 aliphatic heterocycles. The van der Waals surface area contributed by atoms with Gasteiger partial charge in [-0.15, -0.1) is 0 Å². The SMILES string of the molecule is CCNC(=NCc1ccc(OC)c(F)c1)NC1CCN(CC(F)(F)F)C1. The lowest BCUT2D eigenvalue weighted by Gasteiger charge is -2.19. The zero-order valence-electron chi connectivity index (χ0n) is 14.9. The topological polar surface area (TPSA) is 48.9 Å². The Morgan fingerprint density at radius 1 is 1.38 bits per heavy atom. The highest BCUT2D eigenvalue weighted by Gasteiger charge is 2.34. The first-order chi connectivity index (χ1) is 12.3. The molecule has 1 aromatic rings. The molecule has 1 aliphatic rings. The second-order valence-corrected chi connectivity index (χ2v) is 6.14. The molecule has 2 rings (SSSR count). The summed E-state index contributed by atoms with van der Waals surface area (Å²) in [6.07, 6.45) is -3.58. The molecule has 9 heteroatoms. The smallest absolute Gasteiger partial charge is 0.401 e. The molecular formula is C17H24F4N4O. The fourth-order valence-corrected chi connectivity index (χ4v) is 2.84. The number of ether oxygens (including phenoxy) is 1. The highest BCUT2D eigenvalue weighted by molar-refractivity contribution is 5.80. The lowest BCUT2D eigenvalue weighted by molar-refractivity contribution is -0.143. The number of alkyl halides is 3. The standard InChI is InChI=1S/C17H24F4N4O/c1-3-22-16(23-9-12-4-5-15(26-2)14(18)8-12)24-13-6-7-25(10-13)11-17(19,20)21/h4-5,8,13H,3,6-7,9-11H2,1-2H3,(H2,22,23,24). The van der Waals surface area contributed by atoms with Crippen molar-refractivity contribution in [1.29, 1.82) is 0 Å². The zero-order chi connectivity index (χ0) is 19.2. The lowest BCUT2D eigenvalue weighted by Crippen LogP contribution is -2.45. The van der Waals surface area contributed by atoms with Gasteiger partial charge in [0.2, 0.25) is 0 Å². The third kappa shape index (κ3) is 6.36. The number of halogens is 4. The third-order valence-electron chi connectivity index (χ3n) is 4.00. The van der Waals surface area contributed by atoms with Crippen LogP contribution in [0.5, 0.6) is 5.75 Å². The van der Waals surface area contributed by atoms with Gasteiger partial charge in [-0.3, -0.25) is 4.90 Å². The van der Waals surface area contributed by atoms with E-state index < -0.39 is 18.5 Å². The molecule has 146 valence electrons. The molecule has 0 aliphatic carbocycles. The quantitative estimate of drug-likeness (QED) is 0.455. The average Bonchev–Trinajstić information content (AvgIpc) is 2.98. The molecule has 1 fully saturated rings. The number of rotatable bonds is 6. The van der Waals surface area contributed by atoms with E-state index in [-0.39, 0.29) is 18.3 Å². The van der Waals surface area contributed by atoms with E-state index in [1.165, 1.54) is 24.1 Å². The van der Waals surface area contributed by atoms with Crippen LogP contribution in [0.1, 0.15) is 18.9 Å². The van der Waals surface area contributed by atoms with E-state index >= 15 is 0 Å². The highest BCUT2D eigenvalue weighted by Crippen LogP contribution is 2.20. The molecule has 0 aromatic heterocycles. The predicted molar refractivity (Wildman–Crippen MR) is 91.8 cm³/mol. The van der Waals surface area contributed by atoms with E-state index in [0.717, 1.165) is 0 Å². The molecule has 26 heavy (non-hydrogen) atoms. The first-order valence-electron chi connectivity index (χ1n) is 8.47. The Hall–Kier alpha value is -2.03. The van der Waals surface area contributed by atoms with Gasteiger partial charge in [-0.05, 0) is 31.0 Å². The van der Waals surface area contributed by atoms with Crippen LogP contribution in [0.15, 0.2) is 23.2 Å². The van der Waals surface area contributed by atoms with Gasteiger partial charge in [-0.25, -0.2) is 9.38 Å². The zero-order valence-corrected chi connectivity index (χ0v) is 14.9. The second-order valence-electron chi connectivity index (χ2n) is 6.14. The maximum atomic E-state index is 13.7. The van der Waals surface area contributed by atoms with Crippen LogP contribution in [-0.4, -0.2) is 56.4 Å². The Labute approximate surface area is 150 Å². The van der Waals surface area contributed by atoms with Gasteiger partial charge in [-0.1, -0.05) is 6.07 Å². The maximum absolute atomic E-state index is 13.7. The van der Waals surface area contributed by atoms with Gasteiger partial charge in [0.05, 0.1) is 20.2 Å². The van der Waals surface area contributed by atoms with Crippen molar-refractivity contribution in [2.45, 2.75) is 32.1 Å². The van der Waals surface area contributed by atoms with Crippen molar-refractivity contribution >= 4 is 5.96 Å². The summed E-state index contributed by atoms with van der Waals surface area (Å²) < 4.78 is 56.0. The fraction of sp³-hybridized carbons (Fsp3) is 0.588. The van der Waals surface area contributed by atoms with Gasteiger partial charge in [0.1, 0.15) is 0 Å². The summed E-state index contributed by atoms with van der Waals surface area (Å²) in [5.41, 5.74) is 0.672. The van der Waals surface area contributed by atoms with E-state index in [0.29, 0.717) is 37.6 Å². The summed E-state index contributed by atoms with van der Waals surface area (Å²) in [6.45, 7) is 2.55. The number of hydrogen-bond donors (Lipinski definition) is 2. The van der Waals surface area contributed by atoms with Crippen molar-refractivity contribution in [3.8, 4) is 5.75 Å². The Morgan fingerprint density at radius 2 is 2.15 bits per heavy atom. The summed E-state index contributed by atoms with van der Waals surface area (Å²) in [5.74, 6) is 0.206. The Morgan fingerprint density at radius 3 is 2.77 bits per heavy atom. The van der Waals surface area contributed by atoms with E-state index in [4.69, 9.17) is 4.74 Å².